The van der Waals surface area contributed by atoms with Crippen LogP contribution < -0.4 is 0 Å². The topological polar surface area (TPSA) is 103 Å². The van der Waals surface area contributed by atoms with Gasteiger partial charge in [-0.1, -0.05) is 6.92 Å². The normalized spacial score (nSPS) is 12.0. The van der Waals surface area contributed by atoms with E-state index in [0.29, 0.717) is 13.0 Å². The van der Waals surface area contributed by atoms with E-state index < -0.39 is 21.7 Å². The van der Waals surface area contributed by atoms with Crippen molar-refractivity contribution in [1.29, 1.82) is 0 Å². The van der Waals surface area contributed by atoms with Gasteiger partial charge in [-0.15, -0.1) is 0 Å². The molecule has 0 bridgehead atoms. The zero-order valence-electron chi connectivity index (χ0n) is 9.89. The molecule has 1 aromatic rings. The lowest BCUT2D eigenvalue weighted by atomic mass is 10.4. The summed E-state index contributed by atoms with van der Waals surface area (Å²) < 4.78 is 25.4. The van der Waals surface area contributed by atoms with E-state index in [1.807, 2.05) is 6.92 Å². The van der Waals surface area contributed by atoms with Crippen molar-refractivity contribution >= 4 is 16.0 Å². The van der Waals surface area contributed by atoms with E-state index in [0.717, 1.165) is 4.31 Å². The number of H-pyrrole nitrogens is 1. The first-order chi connectivity index (χ1) is 7.82. The van der Waals surface area contributed by atoms with Gasteiger partial charge in [-0.05, 0) is 13.3 Å². The zero-order chi connectivity index (χ0) is 13.2. The highest BCUT2D eigenvalue weighted by atomic mass is 32.2. The molecule has 1 heterocycles. The molecule has 0 saturated heterocycles. The number of nitrogens with zero attached hydrogens (tertiary/aromatic N) is 2. The van der Waals surface area contributed by atoms with Crippen molar-refractivity contribution in [2.24, 2.45) is 0 Å². The molecule has 17 heavy (non-hydrogen) atoms. The SMILES string of the molecule is CCCN(C)S(=O)(=O)c1c(C(=O)O)n[nH]c1C. The summed E-state index contributed by atoms with van der Waals surface area (Å²) in [4.78, 5) is 10.6. The Morgan fingerprint density at radius 3 is 2.59 bits per heavy atom. The molecule has 0 aromatic carbocycles. The van der Waals surface area contributed by atoms with E-state index in [-0.39, 0.29) is 10.6 Å². The number of carboxylic acid groups (broad SMARTS) is 1. The lowest BCUT2D eigenvalue weighted by molar-refractivity contribution is 0.0686. The summed E-state index contributed by atoms with van der Waals surface area (Å²) in [5, 5.41) is 14.8. The summed E-state index contributed by atoms with van der Waals surface area (Å²) >= 11 is 0. The first-order valence-corrected chi connectivity index (χ1v) is 6.51. The maximum Gasteiger partial charge on any atom is 0.357 e. The highest BCUT2D eigenvalue weighted by Crippen LogP contribution is 2.21. The van der Waals surface area contributed by atoms with Crippen LogP contribution in [0.2, 0.25) is 0 Å². The molecule has 8 heteroatoms. The minimum atomic E-state index is -3.81. The molecule has 0 saturated carbocycles. The molecular weight excluding hydrogens is 246 g/mol. The van der Waals surface area contributed by atoms with Crippen LogP contribution in [-0.2, 0) is 10.0 Å². The molecule has 1 rings (SSSR count). The van der Waals surface area contributed by atoms with Gasteiger partial charge in [-0.25, -0.2) is 17.5 Å². The van der Waals surface area contributed by atoms with E-state index in [4.69, 9.17) is 5.11 Å². The standard InChI is InChI=1S/C9H15N3O4S/c1-4-5-12(3)17(15,16)8-6(2)10-11-7(8)9(13)14/h4-5H2,1-3H3,(H,10,11)(H,13,14). The predicted molar refractivity (Wildman–Crippen MR) is 60.4 cm³/mol. The predicted octanol–water partition coefficient (Wildman–Crippen LogP) is 0.447. The highest BCUT2D eigenvalue weighted by molar-refractivity contribution is 7.89. The van der Waals surface area contributed by atoms with Crippen molar-refractivity contribution in [3.05, 3.63) is 11.4 Å². The quantitative estimate of drug-likeness (QED) is 0.800. The number of aromatic carboxylic acids is 1. The molecule has 0 aliphatic heterocycles. The number of aryl methyl sites for hydroxylation is 1. The fourth-order valence-corrected chi connectivity index (χ4v) is 3.01. The van der Waals surface area contributed by atoms with E-state index >= 15 is 0 Å². The maximum absolute atomic E-state index is 12.1. The molecule has 1 aromatic heterocycles. The number of sulfonamides is 1. The number of hydrogen-bond acceptors (Lipinski definition) is 4. The Balaban J connectivity index is 3.33. The molecule has 2 N–H and O–H groups in total. The third-order valence-electron chi connectivity index (χ3n) is 2.30. The van der Waals surface area contributed by atoms with Gasteiger partial charge < -0.3 is 5.11 Å². The molecule has 7 nitrogen and oxygen atoms in total. The number of aromatic nitrogens is 2. The summed E-state index contributed by atoms with van der Waals surface area (Å²) in [6.07, 6.45) is 0.648. The summed E-state index contributed by atoms with van der Waals surface area (Å²) in [6, 6.07) is 0. The number of rotatable bonds is 5. The molecule has 96 valence electrons. The Morgan fingerprint density at radius 2 is 2.12 bits per heavy atom. The molecule has 0 fully saturated rings. The van der Waals surface area contributed by atoms with Crippen LogP contribution >= 0.6 is 0 Å². The fourth-order valence-electron chi connectivity index (χ4n) is 1.47. The van der Waals surface area contributed by atoms with E-state index in [1.165, 1.54) is 14.0 Å². The van der Waals surface area contributed by atoms with E-state index in [2.05, 4.69) is 10.2 Å². The second-order valence-electron chi connectivity index (χ2n) is 3.66. The fraction of sp³-hybridized carbons (Fsp3) is 0.556. The Labute approximate surface area is 99.5 Å². The Bertz CT molecular complexity index is 520. The van der Waals surface area contributed by atoms with Gasteiger partial charge >= 0.3 is 5.97 Å². The van der Waals surface area contributed by atoms with Crippen molar-refractivity contribution in [3.8, 4) is 0 Å². The molecule has 0 atom stereocenters. The number of hydrogen-bond donors (Lipinski definition) is 2. The van der Waals surface area contributed by atoms with E-state index in [9.17, 15) is 13.2 Å². The van der Waals surface area contributed by atoms with Gasteiger partial charge in [0.25, 0.3) is 0 Å². The van der Waals surface area contributed by atoms with Crippen LogP contribution in [-0.4, -0.2) is 47.6 Å². The van der Waals surface area contributed by atoms with Crippen LogP contribution in [0.3, 0.4) is 0 Å². The average Bonchev–Trinajstić information content (AvgIpc) is 2.61. The first kappa shape index (κ1) is 13.7. The van der Waals surface area contributed by atoms with Crippen LogP contribution in [0.15, 0.2) is 4.90 Å². The third kappa shape index (κ3) is 2.47. The summed E-state index contributed by atoms with van der Waals surface area (Å²) in [6.45, 7) is 3.64. The van der Waals surface area contributed by atoms with Gasteiger partial charge in [0.2, 0.25) is 10.0 Å². The minimum Gasteiger partial charge on any atom is -0.476 e. The van der Waals surface area contributed by atoms with Gasteiger partial charge in [0.1, 0.15) is 4.90 Å². The number of nitrogens with one attached hydrogen (secondary N) is 1. The smallest absolute Gasteiger partial charge is 0.357 e. The van der Waals surface area contributed by atoms with Crippen molar-refractivity contribution < 1.29 is 18.3 Å². The summed E-state index contributed by atoms with van der Waals surface area (Å²) in [5.41, 5.74) is -0.240. The van der Waals surface area contributed by atoms with Crippen molar-refractivity contribution in [3.63, 3.8) is 0 Å². The molecule has 0 spiro atoms. The molecule has 0 unspecified atom stereocenters. The van der Waals surface area contributed by atoms with Gasteiger partial charge in [-0.2, -0.15) is 5.10 Å². The highest BCUT2D eigenvalue weighted by Gasteiger charge is 2.31. The Hall–Kier alpha value is -1.41. The molecule has 0 aliphatic rings. The Morgan fingerprint density at radius 1 is 1.53 bits per heavy atom. The third-order valence-corrected chi connectivity index (χ3v) is 4.32. The number of carbonyl (C=O) groups is 1. The summed E-state index contributed by atoms with van der Waals surface area (Å²) in [5.74, 6) is -1.36. The van der Waals surface area contributed by atoms with Crippen molar-refractivity contribution in [2.75, 3.05) is 13.6 Å². The van der Waals surface area contributed by atoms with Crippen LogP contribution in [0.5, 0.6) is 0 Å². The minimum absolute atomic E-state index is 0.227. The zero-order valence-corrected chi connectivity index (χ0v) is 10.7. The van der Waals surface area contributed by atoms with E-state index in [1.54, 1.807) is 0 Å². The van der Waals surface area contributed by atoms with Crippen molar-refractivity contribution in [2.45, 2.75) is 25.2 Å². The van der Waals surface area contributed by atoms with Gasteiger partial charge in [0.15, 0.2) is 5.69 Å². The molecule has 0 amide bonds. The van der Waals surface area contributed by atoms with Crippen LogP contribution in [0.4, 0.5) is 0 Å². The lowest BCUT2D eigenvalue weighted by Gasteiger charge is -2.15. The van der Waals surface area contributed by atoms with Crippen molar-refractivity contribution in [1.82, 2.24) is 14.5 Å². The monoisotopic (exact) mass is 261 g/mol. The summed E-state index contributed by atoms with van der Waals surface area (Å²) in [7, 11) is -2.39. The van der Waals surface area contributed by atoms with Gasteiger partial charge in [0, 0.05) is 13.6 Å². The number of carboxylic acids is 1. The largest absolute Gasteiger partial charge is 0.476 e. The molecule has 0 aliphatic carbocycles. The number of aromatic amines is 1. The van der Waals surface area contributed by atoms with Crippen LogP contribution in [0.1, 0.15) is 29.5 Å². The average molecular weight is 261 g/mol. The second kappa shape index (κ2) is 4.84. The Kier molecular flexibility index (Phi) is 3.89. The van der Waals surface area contributed by atoms with Gasteiger partial charge in [-0.3, -0.25) is 5.10 Å². The van der Waals surface area contributed by atoms with Crippen LogP contribution in [0, 0.1) is 6.92 Å². The maximum atomic E-state index is 12.1. The van der Waals surface area contributed by atoms with Crippen LogP contribution in [0.25, 0.3) is 0 Å². The molecular formula is C9H15N3O4S. The molecule has 0 radical (unpaired) electrons. The van der Waals surface area contributed by atoms with Gasteiger partial charge in [0.05, 0.1) is 5.69 Å². The second-order valence-corrected chi connectivity index (χ2v) is 5.64. The first-order valence-electron chi connectivity index (χ1n) is 5.07. The lowest BCUT2D eigenvalue weighted by Crippen LogP contribution is -2.29.